The second-order valence-electron chi connectivity index (χ2n) is 3.84. The zero-order chi connectivity index (χ0) is 10.6. The number of hydrogen-bond acceptors (Lipinski definition) is 1. The highest BCUT2D eigenvalue weighted by atomic mass is 19.1. The minimum absolute atomic E-state index is 0.242. The molecule has 0 saturated carbocycles. The first kappa shape index (κ1) is 10.7. The van der Waals surface area contributed by atoms with E-state index in [1.807, 2.05) is 6.07 Å². The Bertz CT molecular complexity index is 308. The van der Waals surface area contributed by atoms with Crippen molar-refractivity contribution in [3.8, 4) is 0 Å². The Morgan fingerprint density at radius 2 is 1.93 bits per heavy atom. The molecular weight excluding hydrogens is 181 g/mol. The summed E-state index contributed by atoms with van der Waals surface area (Å²) in [5.41, 5.74) is -0.249. The predicted octanol–water partition coefficient (Wildman–Crippen LogP) is 2.16. The van der Waals surface area contributed by atoms with Crippen LogP contribution in [0.4, 0.5) is 4.39 Å². The number of nitrogens with one attached hydrogen (secondary N) is 1. The van der Waals surface area contributed by atoms with E-state index in [-0.39, 0.29) is 5.91 Å². The molecule has 0 aliphatic heterocycles. The number of benzene rings is 1. The van der Waals surface area contributed by atoms with Gasteiger partial charge in [0.1, 0.15) is 6.67 Å². The highest BCUT2D eigenvalue weighted by Crippen LogP contribution is 2.05. The summed E-state index contributed by atoms with van der Waals surface area (Å²) in [6, 6.07) is 8.78. The quantitative estimate of drug-likeness (QED) is 0.786. The highest BCUT2D eigenvalue weighted by Gasteiger charge is 2.20. The van der Waals surface area contributed by atoms with Crippen molar-refractivity contribution in [3.63, 3.8) is 0 Å². The van der Waals surface area contributed by atoms with E-state index in [0.717, 1.165) is 0 Å². The van der Waals surface area contributed by atoms with E-state index in [4.69, 9.17) is 0 Å². The van der Waals surface area contributed by atoms with Gasteiger partial charge in [-0.15, -0.1) is 0 Å². The van der Waals surface area contributed by atoms with Crippen LogP contribution < -0.4 is 5.32 Å². The molecule has 0 unspecified atom stereocenters. The van der Waals surface area contributed by atoms with Crippen molar-refractivity contribution in [2.45, 2.75) is 19.4 Å². The Kier molecular flexibility index (Phi) is 3.23. The standard InChI is InChI=1S/C11H14FNO/c1-11(2,8-12)13-10(14)9-6-4-3-5-7-9/h3-7H,8H2,1-2H3,(H,13,14). The maximum atomic E-state index is 12.4. The van der Waals surface area contributed by atoms with Gasteiger partial charge in [-0.25, -0.2) is 4.39 Å². The summed E-state index contributed by atoms with van der Waals surface area (Å²) < 4.78 is 12.4. The minimum atomic E-state index is -0.799. The molecule has 0 aliphatic rings. The average Bonchev–Trinajstić information content (AvgIpc) is 2.19. The van der Waals surface area contributed by atoms with Gasteiger partial charge < -0.3 is 5.32 Å². The Morgan fingerprint density at radius 1 is 1.36 bits per heavy atom. The largest absolute Gasteiger partial charge is 0.345 e. The van der Waals surface area contributed by atoms with Crippen molar-refractivity contribution in [3.05, 3.63) is 35.9 Å². The first-order chi connectivity index (χ1) is 6.55. The molecule has 0 aliphatic carbocycles. The van der Waals surface area contributed by atoms with E-state index in [1.54, 1.807) is 38.1 Å². The predicted molar refractivity (Wildman–Crippen MR) is 54.0 cm³/mol. The van der Waals surface area contributed by atoms with Crippen LogP contribution in [0.15, 0.2) is 30.3 Å². The summed E-state index contributed by atoms with van der Waals surface area (Å²) in [5, 5.41) is 2.61. The third-order valence-electron chi connectivity index (χ3n) is 1.82. The van der Waals surface area contributed by atoms with Crippen molar-refractivity contribution < 1.29 is 9.18 Å². The lowest BCUT2D eigenvalue weighted by atomic mass is 10.1. The lowest BCUT2D eigenvalue weighted by Crippen LogP contribution is -2.45. The molecule has 1 rings (SSSR count). The molecule has 0 fully saturated rings. The van der Waals surface area contributed by atoms with Gasteiger partial charge >= 0.3 is 0 Å². The van der Waals surface area contributed by atoms with E-state index < -0.39 is 12.2 Å². The van der Waals surface area contributed by atoms with Crippen LogP contribution in [0.25, 0.3) is 0 Å². The van der Waals surface area contributed by atoms with Gasteiger partial charge in [0.25, 0.3) is 5.91 Å². The summed E-state index contributed by atoms with van der Waals surface area (Å²) in [7, 11) is 0. The molecule has 1 amide bonds. The molecule has 0 aromatic heterocycles. The van der Waals surface area contributed by atoms with E-state index >= 15 is 0 Å². The Hall–Kier alpha value is -1.38. The van der Waals surface area contributed by atoms with E-state index in [9.17, 15) is 9.18 Å². The van der Waals surface area contributed by atoms with Gasteiger partial charge in [-0.05, 0) is 26.0 Å². The third kappa shape index (κ3) is 2.83. The third-order valence-corrected chi connectivity index (χ3v) is 1.82. The first-order valence-electron chi connectivity index (χ1n) is 4.49. The van der Waals surface area contributed by atoms with Crippen LogP contribution in [0.3, 0.4) is 0 Å². The van der Waals surface area contributed by atoms with Crippen molar-refractivity contribution in [1.29, 1.82) is 0 Å². The Labute approximate surface area is 83.1 Å². The number of amides is 1. The number of hydrogen-bond donors (Lipinski definition) is 1. The molecule has 1 aromatic rings. The molecule has 0 bridgehead atoms. The summed E-state index contributed by atoms with van der Waals surface area (Å²) in [4.78, 5) is 11.5. The van der Waals surface area contributed by atoms with Crippen LogP contribution in [0, 0.1) is 0 Å². The van der Waals surface area contributed by atoms with Gasteiger partial charge in [0, 0.05) is 5.56 Å². The van der Waals surface area contributed by atoms with Gasteiger partial charge in [0.05, 0.1) is 5.54 Å². The van der Waals surface area contributed by atoms with Crippen LogP contribution in [0.5, 0.6) is 0 Å². The van der Waals surface area contributed by atoms with Crippen LogP contribution in [-0.2, 0) is 0 Å². The molecule has 1 aromatic carbocycles. The molecule has 0 atom stereocenters. The Morgan fingerprint density at radius 3 is 2.43 bits per heavy atom. The lowest BCUT2D eigenvalue weighted by Gasteiger charge is -2.22. The van der Waals surface area contributed by atoms with Gasteiger partial charge in [-0.3, -0.25) is 4.79 Å². The average molecular weight is 195 g/mol. The van der Waals surface area contributed by atoms with Crippen LogP contribution in [-0.4, -0.2) is 18.1 Å². The van der Waals surface area contributed by atoms with Crippen LogP contribution in [0.1, 0.15) is 24.2 Å². The second kappa shape index (κ2) is 4.22. The fraction of sp³-hybridized carbons (Fsp3) is 0.364. The van der Waals surface area contributed by atoms with E-state index in [1.165, 1.54) is 0 Å². The van der Waals surface area contributed by atoms with Gasteiger partial charge in [-0.1, -0.05) is 18.2 Å². The molecule has 0 saturated heterocycles. The maximum Gasteiger partial charge on any atom is 0.251 e. The first-order valence-corrected chi connectivity index (χ1v) is 4.49. The topological polar surface area (TPSA) is 29.1 Å². The van der Waals surface area contributed by atoms with Crippen molar-refractivity contribution in [2.75, 3.05) is 6.67 Å². The van der Waals surface area contributed by atoms with Gasteiger partial charge in [0.15, 0.2) is 0 Å². The number of halogens is 1. The van der Waals surface area contributed by atoms with Crippen molar-refractivity contribution in [2.24, 2.45) is 0 Å². The molecule has 14 heavy (non-hydrogen) atoms. The molecular formula is C11H14FNO. The fourth-order valence-electron chi connectivity index (χ4n) is 1.00. The molecule has 0 heterocycles. The SMILES string of the molecule is CC(C)(CF)NC(=O)c1ccccc1. The summed E-state index contributed by atoms with van der Waals surface area (Å²) in [6.07, 6.45) is 0. The highest BCUT2D eigenvalue weighted by molar-refractivity contribution is 5.94. The maximum absolute atomic E-state index is 12.4. The minimum Gasteiger partial charge on any atom is -0.345 e. The number of alkyl halides is 1. The van der Waals surface area contributed by atoms with E-state index in [0.29, 0.717) is 5.56 Å². The second-order valence-corrected chi connectivity index (χ2v) is 3.84. The molecule has 1 N–H and O–H groups in total. The fourth-order valence-corrected chi connectivity index (χ4v) is 1.00. The van der Waals surface area contributed by atoms with Gasteiger partial charge in [-0.2, -0.15) is 0 Å². The molecule has 3 heteroatoms. The van der Waals surface area contributed by atoms with Crippen molar-refractivity contribution in [1.82, 2.24) is 5.32 Å². The monoisotopic (exact) mass is 195 g/mol. The molecule has 0 spiro atoms. The summed E-state index contributed by atoms with van der Waals surface area (Å²) >= 11 is 0. The number of rotatable bonds is 3. The van der Waals surface area contributed by atoms with Crippen LogP contribution >= 0.6 is 0 Å². The summed E-state index contributed by atoms with van der Waals surface area (Å²) in [6.45, 7) is 2.72. The van der Waals surface area contributed by atoms with Gasteiger partial charge in [0.2, 0.25) is 0 Å². The molecule has 2 nitrogen and oxygen atoms in total. The number of carbonyl (C=O) groups excluding carboxylic acids is 1. The summed E-state index contributed by atoms with van der Waals surface area (Å²) in [5.74, 6) is -0.242. The number of carbonyl (C=O) groups is 1. The smallest absolute Gasteiger partial charge is 0.251 e. The van der Waals surface area contributed by atoms with Crippen molar-refractivity contribution >= 4 is 5.91 Å². The molecule has 0 radical (unpaired) electrons. The molecule has 76 valence electrons. The van der Waals surface area contributed by atoms with E-state index in [2.05, 4.69) is 5.32 Å². The zero-order valence-electron chi connectivity index (χ0n) is 8.38. The normalized spacial score (nSPS) is 11.1. The zero-order valence-corrected chi connectivity index (χ0v) is 8.38. The Balaban J connectivity index is 2.69. The van der Waals surface area contributed by atoms with Crippen LogP contribution in [0.2, 0.25) is 0 Å². The lowest BCUT2D eigenvalue weighted by molar-refractivity contribution is 0.0899.